The maximum Gasteiger partial charge on any atom is 0.311 e. The molecule has 0 aromatic heterocycles. The van der Waals surface area contributed by atoms with Crippen LogP contribution in [0.15, 0.2) is 66.2 Å². The van der Waals surface area contributed by atoms with Crippen molar-refractivity contribution in [1.82, 2.24) is 0 Å². The van der Waals surface area contributed by atoms with Crippen LogP contribution in [-0.2, 0) is 28.7 Å². The van der Waals surface area contributed by atoms with Gasteiger partial charge in [-0.15, -0.1) is 0 Å². The van der Waals surface area contributed by atoms with Gasteiger partial charge in [-0.2, -0.15) is 0 Å². The van der Waals surface area contributed by atoms with E-state index in [1.54, 1.807) is 48.5 Å². The van der Waals surface area contributed by atoms with E-state index >= 15 is 0 Å². The van der Waals surface area contributed by atoms with Crippen LogP contribution < -0.4 is 10.6 Å². The third-order valence-corrected chi connectivity index (χ3v) is 16.5. The number of fused-ring (bicyclic) bond motifs is 7. The number of hydrogen-bond acceptors (Lipinski definition) is 7. The van der Waals surface area contributed by atoms with Crippen LogP contribution in [0.4, 0.5) is 11.4 Å². The molecule has 0 bridgehead atoms. The number of carbonyl (C=O) groups is 5. The summed E-state index contributed by atoms with van der Waals surface area (Å²) < 4.78 is 11.5. The van der Waals surface area contributed by atoms with Crippen LogP contribution in [0.25, 0.3) is 0 Å². The number of amides is 2. The standard InChI is InChI=1S/C48H62N2O7/c1-43(2)36-20-23-48(7)40(35(51)28-33-34-29-45(4,42(55)56-8)25-24-44(34,3)26-27-47(33,48)6)46(36,5)22-21-37(43)57-39(53)19-18-38(52)49-31-14-16-32(17-15-31)50-41(54)30-12-10-9-11-13-30/h9-17,28,34,36-37,40H,18-27,29H2,1-8H3,(H,49,52)(H,50,54)/t34-,36-,37-,40+,44+,45-,46-,47+,48+/m0/s1. The summed E-state index contributed by atoms with van der Waals surface area (Å²) in [5.41, 5.74) is 1.47. The van der Waals surface area contributed by atoms with E-state index < -0.39 is 11.4 Å². The predicted molar refractivity (Wildman–Crippen MR) is 220 cm³/mol. The number of allylic oxidation sites excluding steroid dienone is 2. The lowest BCUT2D eigenvalue weighted by Gasteiger charge is -2.70. The van der Waals surface area contributed by atoms with Gasteiger partial charge in [0.1, 0.15) is 6.10 Å². The molecule has 9 heteroatoms. The minimum Gasteiger partial charge on any atom is -0.469 e. The molecule has 5 aliphatic carbocycles. The van der Waals surface area contributed by atoms with Gasteiger partial charge in [0.15, 0.2) is 5.78 Å². The lowest BCUT2D eigenvalue weighted by Crippen LogP contribution is -2.66. The lowest BCUT2D eigenvalue weighted by atomic mass is 9.33. The molecule has 2 aromatic carbocycles. The first kappa shape index (κ1) is 40.9. The Morgan fingerprint density at radius 1 is 0.754 bits per heavy atom. The third-order valence-electron chi connectivity index (χ3n) is 16.5. The lowest BCUT2D eigenvalue weighted by molar-refractivity contribution is -0.211. The van der Waals surface area contributed by atoms with Gasteiger partial charge in [0.2, 0.25) is 5.91 Å². The molecule has 2 aromatic rings. The quantitative estimate of drug-likeness (QED) is 0.256. The molecular formula is C48H62N2O7. The van der Waals surface area contributed by atoms with Crippen molar-refractivity contribution in [2.45, 2.75) is 125 Å². The summed E-state index contributed by atoms with van der Waals surface area (Å²) in [7, 11) is 1.48. The number of anilines is 2. The van der Waals surface area contributed by atoms with Crippen molar-refractivity contribution in [1.29, 1.82) is 0 Å². The number of nitrogens with one attached hydrogen (secondary N) is 2. The van der Waals surface area contributed by atoms with Crippen LogP contribution in [0.1, 0.15) is 129 Å². The van der Waals surface area contributed by atoms with Gasteiger partial charge in [0.25, 0.3) is 5.91 Å². The number of hydrogen-bond donors (Lipinski definition) is 2. The number of rotatable bonds is 8. The van der Waals surface area contributed by atoms with E-state index in [0.717, 1.165) is 51.4 Å². The van der Waals surface area contributed by atoms with Gasteiger partial charge in [-0.05, 0) is 141 Å². The number of benzene rings is 2. The zero-order chi connectivity index (χ0) is 41.2. The average Bonchev–Trinajstić information content (AvgIpc) is 3.17. The molecule has 306 valence electrons. The van der Waals surface area contributed by atoms with Gasteiger partial charge >= 0.3 is 11.9 Å². The van der Waals surface area contributed by atoms with Crippen LogP contribution >= 0.6 is 0 Å². The average molecular weight is 779 g/mol. The number of carbonyl (C=O) groups excluding carboxylic acids is 5. The molecule has 0 spiro atoms. The van der Waals surface area contributed by atoms with Crippen LogP contribution in [0, 0.1) is 50.2 Å². The number of ketones is 1. The highest BCUT2D eigenvalue weighted by atomic mass is 16.5. The summed E-state index contributed by atoms with van der Waals surface area (Å²) in [6.07, 6.45) is 9.59. The van der Waals surface area contributed by atoms with Crippen LogP contribution in [0.3, 0.4) is 0 Å². The van der Waals surface area contributed by atoms with E-state index in [0.29, 0.717) is 23.4 Å². The summed E-state index contributed by atoms with van der Waals surface area (Å²) in [4.78, 5) is 66.5. The molecule has 57 heavy (non-hydrogen) atoms. The molecule has 0 aliphatic heterocycles. The van der Waals surface area contributed by atoms with E-state index in [-0.39, 0.29) is 87.3 Å². The Labute approximate surface area is 338 Å². The van der Waals surface area contributed by atoms with Crippen molar-refractivity contribution in [3.63, 3.8) is 0 Å². The zero-order valence-electron chi connectivity index (χ0n) is 35.2. The maximum atomic E-state index is 14.8. The molecule has 9 nitrogen and oxygen atoms in total. The van der Waals surface area contributed by atoms with Gasteiger partial charge in [0, 0.05) is 34.7 Å². The molecular weight excluding hydrogens is 717 g/mol. The van der Waals surface area contributed by atoms with Crippen molar-refractivity contribution in [3.8, 4) is 0 Å². The number of ether oxygens (including phenoxy) is 2. The molecule has 5 aliphatic rings. The van der Waals surface area contributed by atoms with Crippen molar-refractivity contribution < 1.29 is 33.4 Å². The van der Waals surface area contributed by atoms with Gasteiger partial charge in [-0.25, -0.2) is 0 Å². The summed E-state index contributed by atoms with van der Waals surface area (Å²) in [6, 6.07) is 15.8. The first-order valence-electron chi connectivity index (χ1n) is 21.1. The first-order valence-corrected chi connectivity index (χ1v) is 21.1. The third kappa shape index (κ3) is 6.84. The number of esters is 2. The van der Waals surface area contributed by atoms with Crippen molar-refractivity contribution in [2.75, 3.05) is 17.7 Å². The van der Waals surface area contributed by atoms with Gasteiger partial charge in [-0.1, -0.05) is 65.3 Å². The van der Waals surface area contributed by atoms with Gasteiger partial charge in [-0.3, -0.25) is 24.0 Å². The molecule has 2 N–H and O–H groups in total. The zero-order valence-corrected chi connectivity index (χ0v) is 35.2. The van der Waals surface area contributed by atoms with Gasteiger partial charge in [0.05, 0.1) is 18.9 Å². The summed E-state index contributed by atoms with van der Waals surface area (Å²) in [5, 5.41) is 5.69. The summed E-state index contributed by atoms with van der Waals surface area (Å²) in [5.74, 6) is -0.628. The van der Waals surface area contributed by atoms with E-state index in [9.17, 15) is 24.0 Å². The molecule has 4 saturated carbocycles. The van der Waals surface area contributed by atoms with Crippen molar-refractivity contribution in [2.24, 2.45) is 50.2 Å². The Bertz CT molecular complexity index is 1970. The molecule has 9 atom stereocenters. The summed E-state index contributed by atoms with van der Waals surface area (Å²) in [6.45, 7) is 16.0. The van der Waals surface area contributed by atoms with Gasteiger partial charge < -0.3 is 20.1 Å². The van der Waals surface area contributed by atoms with E-state index in [1.807, 2.05) is 19.1 Å². The predicted octanol–water partition coefficient (Wildman–Crippen LogP) is 9.72. The largest absolute Gasteiger partial charge is 0.469 e. The van der Waals surface area contributed by atoms with Crippen molar-refractivity contribution in [3.05, 3.63) is 71.8 Å². The fraction of sp³-hybridized carbons (Fsp3) is 0.604. The van der Waals surface area contributed by atoms with Crippen LogP contribution in [0.5, 0.6) is 0 Å². The van der Waals surface area contributed by atoms with E-state index in [1.165, 1.54) is 12.7 Å². The van der Waals surface area contributed by atoms with E-state index in [4.69, 9.17) is 9.47 Å². The van der Waals surface area contributed by atoms with Crippen LogP contribution in [0.2, 0.25) is 0 Å². The summed E-state index contributed by atoms with van der Waals surface area (Å²) >= 11 is 0. The molecule has 0 unspecified atom stereocenters. The van der Waals surface area contributed by atoms with Crippen LogP contribution in [-0.4, -0.2) is 42.7 Å². The molecule has 0 radical (unpaired) electrons. The Hall–Kier alpha value is -4.27. The minimum atomic E-state index is -0.553. The molecule has 0 saturated heterocycles. The molecule has 2 amide bonds. The highest BCUT2D eigenvalue weighted by Gasteiger charge is 2.70. The fourth-order valence-electron chi connectivity index (χ4n) is 12.9. The Balaban J connectivity index is 0.992. The second kappa shape index (κ2) is 14.5. The van der Waals surface area contributed by atoms with E-state index in [2.05, 4.69) is 52.2 Å². The second-order valence-corrected chi connectivity index (χ2v) is 20.0. The molecule has 4 fully saturated rings. The smallest absolute Gasteiger partial charge is 0.311 e. The Kier molecular flexibility index (Phi) is 10.4. The molecule has 7 rings (SSSR count). The second-order valence-electron chi connectivity index (χ2n) is 20.0. The van der Waals surface area contributed by atoms with Crippen molar-refractivity contribution >= 4 is 40.9 Å². The topological polar surface area (TPSA) is 128 Å². The highest BCUT2D eigenvalue weighted by Crippen LogP contribution is 2.75. The monoisotopic (exact) mass is 778 g/mol. The number of methoxy groups -OCH3 is 1. The highest BCUT2D eigenvalue weighted by molar-refractivity contribution is 6.04. The SMILES string of the molecule is COC(=O)[C@@]1(C)CC[C@]2(C)CC[C@]3(C)C(=CC(=O)[C@@H]4[C@@]5(C)CC[C@H](OC(=O)CCC(=O)Nc6ccc(NC(=O)c7ccccc7)cc6)C(C)(C)[C@@H]5CC[C@]43C)[C@@H]2C1. The first-order chi connectivity index (χ1) is 26.8. The molecule has 0 heterocycles. The maximum absolute atomic E-state index is 14.8. The fourth-order valence-corrected chi connectivity index (χ4v) is 12.9. The minimum absolute atomic E-state index is 0.0133. The normalized spacial score (nSPS) is 36.5. The Morgan fingerprint density at radius 2 is 1.40 bits per heavy atom. The Morgan fingerprint density at radius 3 is 2.07 bits per heavy atom.